The van der Waals surface area contributed by atoms with E-state index < -0.39 is 48.9 Å². The number of hydrogen-bond acceptors (Lipinski definition) is 11. The van der Waals surface area contributed by atoms with Gasteiger partial charge >= 0.3 is 29.3 Å². The molecule has 1 amide bonds. The summed E-state index contributed by atoms with van der Waals surface area (Å²) in [7, 11) is 1.10. The van der Waals surface area contributed by atoms with Crippen LogP contribution < -0.4 is 5.32 Å². The van der Waals surface area contributed by atoms with Crippen LogP contribution in [0.2, 0.25) is 0 Å². The molecule has 0 aliphatic rings. The normalized spacial score (nSPS) is 10.9. The molecule has 0 fully saturated rings. The largest absolute Gasteiger partial charge is 0.467 e. The van der Waals surface area contributed by atoms with Crippen LogP contribution in [0.1, 0.15) is 26.7 Å². The Kier molecular flexibility index (Phi) is 12.4. The first kappa shape index (κ1) is 23.5. The van der Waals surface area contributed by atoms with Crippen LogP contribution in [-0.2, 0) is 38.1 Å². The van der Waals surface area contributed by atoms with E-state index in [4.69, 9.17) is 0 Å². The van der Waals surface area contributed by atoms with Gasteiger partial charge in [-0.05, 0) is 11.8 Å². The summed E-state index contributed by atoms with van der Waals surface area (Å²) in [6, 6.07) is -1.22. The molecule has 0 heterocycles. The van der Waals surface area contributed by atoms with Gasteiger partial charge in [0, 0.05) is 18.6 Å². The lowest BCUT2D eigenvalue weighted by Gasteiger charge is -2.15. The lowest BCUT2D eigenvalue weighted by Crippen LogP contribution is -2.44. The minimum Gasteiger partial charge on any atom is -0.467 e. The molecule has 11 nitrogen and oxygen atoms in total. The van der Waals surface area contributed by atoms with Crippen molar-refractivity contribution in [2.75, 3.05) is 26.4 Å². The van der Waals surface area contributed by atoms with Crippen molar-refractivity contribution in [3.63, 3.8) is 0 Å². The minimum atomic E-state index is -1.22. The van der Waals surface area contributed by atoms with E-state index in [2.05, 4.69) is 29.0 Å². The maximum atomic E-state index is 11.6. The van der Waals surface area contributed by atoms with E-state index in [1.165, 1.54) is 0 Å². The maximum Gasteiger partial charge on any atom is 0.410 e. The average Bonchev–Trinajstić information content (AvgIpc) is 2.63. The van der Waals surface area contributed by atoms with Crippen LogP contribution in [0.5, 0.6) is 0 Å². The Labute approximate surface area is 154 Å². The van der Waals surface area contributed by atoms with E-state index >= 15 is 0 Å². The van der Waals surface area contributed by atoms with Crippen molar-refractivity contribution in [3.05, 3.63) is 0 Å². The number of ether oxygens (including phenoxy) is 5. The zero-order valence-corrected chi connectivity index (χ0v) is 15.4. The number of alkyl carbamates (subject to hydrolysis) is 1. The second kappa shape index (κ2) is 13.8. The first-order valence-corrected chi connectivity index (χ1v) is 8.44. The molecular formula is C14H21NO10S. The summed E-state index contributed by atoms with van der Waals surface area (Å²) in [5.41, 5.74) is 0. The van der Waals surface area contributed by atoms with Crippen LogP contribution in [0.25, 0.3) is 0 Å². The smallest absolute Gasteiger partial charge is 0.410 e. The molecule has 0 spiro atoms. The lowest BCUT2D eigenvalue weighted by molar-refractivity contribution is -0.152. The van der Waals surface area contributed by atoms with Crippen LogP contribution >= 0.6 is 11.8 Å². The quantitative estimate of drug-likeness (QED) is 0.320. The molecule has 1 N–H and O–H groups in total. The molecule has 0 aromatic heterocycles. The lowest BCUT2D eigenvalue weighted by atomic mass is 10.3. The Morgan fingerprint density at radius 3 is 1.92 bits per heavy atom. The summed E-state index contributed by atoms with van der Waals surface area (Å²) in [6.07, 6.45) is -0.799. The fourth-order valence-electron chi connectivity index (χ4n) is 1.18. The van der Waals surface area contributed by atoms with Gasteiger partial charge < -0.3 is 29.0 Å². The molecule has 0 aromatic carbocycles. The van der Waals surface area contributed by atoms with Gasteiger partial charge in [-0.25, -0.2) is 14.4 Å². The van der Waals surface area contributed by atoms with Crippen LogP contribution in [0.15, 0.2) is 0 Å². The minimum absolute atomic E-state index is 0.113. The van der Waals surface area contributed by atoms with Crippen LogP contribution in [0.4, 0.5) is 9.59 Å². The fraction of sp³-hybridized carbons (Fsp3) is 0.643. The molecule has 0 aliphatic carbocycles. The number of thioether (sulfide) groups is 1. The van der Waals surface area contributed by atoms with Crippen molar-refractivity contribution in [2.24, 2.45) is 0 Å². The van der Waals surface area contributed by atoms with Crippen molar-refractivity contribution >= 4 is 41.1 Å². The topological polar surface area (TPSA) is 144 Å². The first-order valence-electron chi connectivity index (χ1n) is 7.45. The van der Waals surface area contributed by atoms with Gasteiger partial charge in [0.15, 0.2) is 0 Å². The Hall–Kier alpha value is -2.50. The highest BCUT2D eigenvalue weighted by Crippen LogP contribution is 2.09. The number of nitrogens with one attached hydrogen (secondary N) is 1. The van der Waals surface area contributed by atoms with E-state index in [0.717, 1.165) is 7.11 Å². The number of esters is 3. The van der Waals surface area contributed by atoms with Crippen molar-refractivity contribution in [2.45, 2.75) is 32.7 Å². The van der Waals surface area contributed by atoms with Crippen LogP contribution in [0, 0.1) is 0 Å². The molecular weight excluding hydrogens is 374 g/mol. The summed E-state index contributed by atoms with van der Waals surface area (Å²) in [5, 5.41) is 1.33. The molecule has 0 radical (unpaired) electrons. The predicted octanol–water partition coefficient (Wildman–Crippen LogP) is 0.945. The van der Waals surface area contributed by atoms with E-state index in [0.29, 0.717) is 11.8 Å². The Bertz CT molecular complexity index is 510. The van der Waals surface area contributed by atoms with E-state index in [-0.39, 0.29) is 18.6 Å². The molecule has 0 aromatic rings. The van der Waals surface area contributed by atoms with E-state index in [1.54, 1.807) is 13.8 Å². The fourth-order valence-corrected chi connectivity index (χ4v) is 1.84. The number of amides is 1. The van der Waals surface area contributed by atoms with Crippen LogP contribution in [0.3, 0.4) is 0 Å². The zero-order valence-electron chi connectivity index (χ0n) is 14.6. The Morgan fingerprint density at radius 1 is 0.885 bits per heavy atom. The van der Waals surface area contributed by atoms with Gasteiger partial charge in [-0.2, -0.15) is 0 Å². The average molecular weight is 395 g/mol. The van der Waals surface area contributed by atoms with Gasteiger partial charge in [-0.15, -0.1) is 0 Å². The molecule has 1 atom stereocenters. The van der Waals surface area contributed by atoms with Crippen molar-refractivity contribution in [1.82, 2.24) is 5.32 Å². The first-order chi connectivity index (χ1) is 12.3. The van der Waals surface area contributed by atoms with Gasteiger partial charge in [0.2, 0.25) is 13.6 Å². The molecule has 26 heavy (non-hydrogen) atoms. The van der Waals surface area contributed by atoms with E-state index in [9.17, 15) is 24.0 Å². The standard InChI is InChI=1S/C14H21NO10S/c1-4-10(16)22-7-24-13(19)15-9(12(18)21-3)6-26-14(20)25-8-23-11(17)5-2/h9H,4-8H2,1-3H3,(H,15,19)/t9-/m0/s1. The summed E-state index contributed by atoms with van der Waals surface area (Å²) < 4.78 is 22.8. The van der Waals surface area contributed by atoms with Crippen LogP contribution in [-0.4, -0.2) is 61.8 Å². The SMILES string of the molecule is CCC(=O)OCOC(=O)N[C@@H](CSC(=O)OCOC(=O)CC)C(=O)OC. The summed E-state index contributed by atoms with van der Waals surface area (Å²) in [6.45, 7) is 1.97. The third-order valence-electron chi connectivity index (χ3n) is 2.53. The number of carbonyl (C=O) groups excluding carboxylic acids is 5. The van der Waals surface area contributed by atoms with Crippen molar-refractivity contribution < 1.29 is 47.7 Å². The van der Waals surface area contributed by atoms with Crippen molar-refractivity contribution in [1.29, 1.82) is 0 Å². The van der Waals surface area contributed by atoms with Gasteiger partial charge in [0.25, 0.3) is 0 Å². The highest BCUT2D eigenvalue weighted by Gasteiger charge is 2.24. The van der Waals surface area contributed by atoms with Gasteiger partial charge in [-0.3, -0.25) is 9.59 Å². The highest BCUT2D eigenvalue weighted by atomic mass is 32.2. The van der Waals surface area contributed by atoms with Gasteiger partial charge in [-0.1, -0.05) is 13.8 Å². The molecule has 0 bridgehead atoms. The number of methoxy groups -OCH3 is 1. The maximum absolute atomic E-state index is 11.6. The molecule has 0 rings (SSSR count). The molecule has 0 aliphatic heterocycles. The summed E-state index contributed by atoms with van der Waals surface area (Å²) >= 11 is 0.553. The second-order valence-electron chi connectivity index (χ2n) is 4.33. The summed E-state index contributed by atoms with van der Waals surface area (Å²) in [4.78, 5) is 56.4. The number of carbonyl (C=O) groups is 5. The molecule has 12 heteroatoms. The van der Waals surface area contributed by atoms with Gasteiger partial charge in [0.1, 0.15) is 6.04 Å². The molecule has 0 unspecified atom stereocenters. The van der Waals surface area contributed by atoms with Crippen molar-refractivity contribution in [3.8, 4) is 0 Å². The predicted molar refractivity (Wildman–Crippen MR) is 86.9 cm³/mol. The number of hydrogen-bond donors (Lipinski definition) is 1. The third kappa shape index (κ3) is 11.1. The van der Waals surface area contributed by atoms with E-state index in [1.807, 2.05) is 0 Å². The third-order valence-corrected chi connectivity index (χ3v) is 3.38. The van der Waals surface area contributed by atoms with Gasteiger partial charge in [0.05, 0.1) is 7.11 Å². The molecule has 0 saturated carbocycles. The Balaban J connectivity index is 4.29. The monoisotopic (exact) mass is 395 g/mol. The Morgan fingerprint density at radius 2 is 1.42 bits per heavy atom. The molecule has 0 saturated heterocycles. The summed E-state index contributed by atoms with van der Waals surface area (Å²) in [5.74, 6) is -2.16. The highest BCUT2D eigenvalue weighted by molar-refractivity contribution is 8.13. The zero-order chi connectivity index (χ0) is 19.9. The number of rotatable bonds is 10. The molecule has 148 valence electrons. The second-order valence-corrected chi connectivity index (χ2v) is 5.29.